The first-order chi connectivity index (χ1) is 13.2. The van der Waals surface area contributed by atoms with Crippen LogP contribution in [-0.2, 0) is 0 Å². The highest BCUT2D eigenvalue weighted by molar-refractivity contribution is 5.83. The molecule has 4 heterocycles. The van der Waals surface area contributed by atoms with Crippen LogP contribution in [0.3, 0.4) is 0 Å². The smallest absolute Gasteiger partial charge is 0.225 e. The van der Waals surface area contributed by atoms with Crippen LogP contribution >= 0.6 is 0 Å². The van der Waals surface area contributed by atoms with Gasteiger partial charge in [-0.05, 0) is 55.5 Å². The highest BCUT2D eigenvalue weighted by Gasteiger charge is 2.39. The van der Waals surface area contributed by atoms with E-state index in [0.29, 0.717) is 18.0 Å². The summed E-state index contributed by atoms with van der Waals surface area (Å²) in [6, 6.07) is 7.79. The van der Waals surface area contributed by atoms with Gasteiger partial charge in [-0.2, -0.15) is 0 Å². The van der Waals surface area contributed by atoms with E-state index in [2.05, 4.69) is 37.9 Å². The zero-order chi connectivity index (χ0) is 18.4. The van der Waals surface area contributed by atoms with Gasteiger partial charge in [0.05, 0.1) is 0 Å². The maximum atomic E-state index is 13.7. The lowest BCUT2D eigenvalue weighted by Gasteiger charge is -2.50. The van der Waals surface area contributed by atoms with E-state index in [1.807, 2.05) is 24.5 Å². The predicted molar refractivity (Wildman–Crippen MR) is 104 cm³/mol. The van der Waals surface area contributed by atoms with Gasteiger partial charge in [0, 0.05) is 61.2 Å². The van der Waals surface area contributed by atoms with Crippen molar-refractivity contribution in [2.75, 3.05) is 24.5 Å². The first-order valence-corrected chi connectivity index (χ1v) is 9.75. The van der Waals surface area contributed by atoms with Crippen molar-refractivity contribution in [1.29, 1.82) is 0 Å². The summed E-state index contributed by atoms with van der Waals surface area (Å²) in [6.07, 6.45) is 7.96. The topological polar surface area (TPSA) is 48.1 Å². The van der Waals surface area contributed by atoms with Crippen molar-refractivity contribution in [3.63, 3.8) is 0 Å². The molecular weight excluding hydrogens is 341 g/mol. The largest absolute Gasteiger partial charge is 0.361 e. The molecular formula is C21H24FN5. The molecule has 0 radical (unpaired) electrons. The summed E-state index contributed by atoms with van der Waals surface area (Å²) in [6.45, 7) is 5.27. The fraction of sp³-hybridized carbons (Fsp3) is 0.429. The number of anilines is 1. The van der Waals surface area contributed by atoms with Crippen LogP contribution in [-0.4, -0.2) is 51.6 Å². The summed E-state index contributed by atoms with van der Waals surface area (Å²) in [5.41, 5.74) is 2.28. The molecule has 1 aromatic carbocycles. The third-order valence-electron chi connectivity index (χ3n) is 6.34. The summed E-state index contributed by atoms with van der Waals surface area (Å²) in [5.74, 6) is 1.12. The van der Waals surface area contributed by atoms with Crippen LogP contribution in [0.5, 0.6) is 0 Å². The second-order valence-electron chi connectivity index (χ2n) is 7.75. The number of piperidine rings is 1. The Balaban J connectivity index is 1.36. The maximum Gasteiger partial charge on any atom is 0.225 e. The average molecular weight is 365 g/mol. The van der Waals surface area contributed by atoms with Gasteiger partial charge in [-0.1, -0.05) is 0 Å². The van der Waals surface area contributed by atoms with E-state index in [-0.39, 0.29) is 5.82 Å². The predicted octanol–water partition coefficient (Wildman–Crippen LogP) is 3.55. The van der Waals surface area contributed by atoms with Crippen LogP contribution in [0.2, 0.25) is 0 Å². The van der Waals surface area contributed by atoms with Gasteiger partial charge in [0.2, 0.25) is 5.95 Å². The average Bonchev–Trinajstić information content (AvgIpc) is 3.11. The first-order valence-electron chi connectivity index (χ1n) is 9.75. The van der Waals surface area contributed by atoms with Gasteiger partial charge in [0.1, 0.15) is 5.82 Å². The van der Waals surface area contributed by atoms with E-state index >= 15 is 0 Å². The minimum absolute atomic E-state index is 0.165. The van der Waals surface area contributed by atoms with Crippen LogP contribution in [0.15, 0.2) is 42.9 Å². The lowest BCUT2D eigenvalue weighted by atomic mass is 9.83. The molecule has 3 atom stereocenters. The van der Waals surface area contributed by atoms with E-state index in [0.717, 1.165) is 49.3 Å². The van der Waals surface area contributed by atoms with Gasteiger partial charge in [-0.3, -0.25) is 4.90 Å². The van der Waals surface area contributed by atoms with Crippen molar-refractivity contribution in [1.82, 2.24) is 19.9 Å². The van der Waals surface area contributed by atoms with E-state index in [4.69, 9.17) is 0 Å². The van der Waals surface area contributed by atoms with Crippen LogP contribution in [0.25, 0.3) is 10.9 Å². The number of H-pyrrole nitrogens is 1. The molecule has 140 valence electrons. The quantitative estimate of drug-likeness (QED) is 0.754. The van der Waals surface area contributed by atoms with E-state index in [1.54, 1.807) is 6.07 Å². The highest BCUT2D eigenvalue weighted by Crippen LogP contribution is 2.37. The fourth-order valence-corrected chi connectivity index (χ4v) is 4.94. The minimum Gasteiger partial charge on any atom is -0.361 e. The Bertz CT molecular complexity index is 940. The van der Waals surface area contributed by atoms with Gasteiger partial charge in [-0.15, -0.1) is 0 Å². The van der Waals surface area contributed by atoms with Crippen molar-refractivity contribution >= 4 is 16.9 Å². The van der Waals surface area contributed by atoms with Crippen LogP contribution in [0, 0.1) is 5.82 Å². The number of piperazine rings is 1. The van der Waals surface area contributed by atoms with Crippen molar-refractivity contribution in [3.8, 4) is 0 Å². The molecule has 27 heavy (non-hydrogen) atoms. The van der Waals surface area contributed by atoms with Crippen molar-refractivity contribution in [3.05, 3.63) is 54.2 Å². The Morgan fingerprint density at radius 2 is 2.00 bits per heavy atom. The monoisotopic (exact) mass is 365 g/mol. The Hall–Kier alpha value is -2.47. The normalized spacial score (nSPS) is 26.3. The molecule has 2 fully saturated rings. The number of rotatable bonds is 2. The zero-order valence-electron chi connectivity index (χ0n) is 15.5. The molecule has 2 aliphatic heterocycles. The number of hydrogen-bond donors (Lipinski definition) is 1. The van der Waals surface area contributed by atoms with Gasteiger partial charge in [-0.25, -0.2) is 14.4 Å². The summed E-state index contributed by atoms with van der Waals surface area (Å²) in [5, 5.41) is 1.03. The molecule has 2 aromatic heterocycles. The molecule has 0 saturated carbocycles. The lowest BCUT2D eigenvalue weighted by Crippen LogP contribution is -2.61. The summed E-state index contributed by atoms with van der Waals surface area (Å²) >= 11 is 0. The number of aromatic nitrogens is 3. The second kappa shape index (κ2) is 6.60. The Morgan fingerprint density at radius 3 is 2.85 bits per heavy atom. The van der Waals surface area contributed by atoms with Crippen LogP contribution in [0.1, 0.15) is 31.2 Å². The van der Waals surface area contributed by atoms with E-state index in [1.165, 1.54) is 11.6 Å². The molecule has 5 nitrogen and oxygen atoms in total. The molecule has 0 amide bonds. The number of nitrogens with zero attached hydrogens (tertiary/aromatic N) is 4. The number of benzene rings is 1. The molecule has 6 heteroatoms. The molecule has 2 aliphatic rings. The Morgan fingerprint density at radius 1 is 1.15 bits per heavy atom. The third kappa shape index (κ3) is 2.88. The molecule has 0 bridgehead atoms. The third-order valence-corrected chi connectivity index (χ3v) is 6.34. The molecule has 3 aromatic rings. The number of fused-ring (bicyclic) bond motifs is 2. The molecule has 3 unspecified atom stereocenters. The molecule has 2 saturated heterocycles. The van der Waals surface area contributed by atoms with Crippen LogP contribution < -0.4 is 4.90 Å². The van der Waals surface area contributed by atoms with Crippen molar-refractivity contribution < 1.29 is 4.39 Å². The number of hydrogen-bond acceptors (Lipinski definition) is 4. The Kier molecular flexibility index (Phi) is 4.08. The van der Waals surface area contributed by atoms with Crippen molar-refractivity contribution in [2.24, 2.45) is 0 Å². The standard InChI is InChI=1S/C21H24FN5/c1-14-20-6-3-15(18-12-25-19-5-4-16(22)11-17(18)19)13-26(20)9-10-27(14)21-23-7-2-8-24-21/h2,4-5,7-8,11-12,14-15,20,25H,3,6,9-10,13H2,1H3. The summed E-state index contributed by atoms with van der Waals surface area (Å²) in [7, 11) is 0. The van der Waals surface area contributed by atoms with E-state index < -0.39 is 0 Å². The Labute approximate surface area is 158 Å². The second-order valence-corrected chi connectivity index (χ2v) is 7.75. The van der Waals surface area contributed by atoms with Gasteiger partial charge in [0.15, 0.2) is 0 Å². The molecule has 5 rings (SSSR count). The van der Waals surface area contributed by atoms with Gasteiger partial charge >= 0.3 is 0 Å². The number of aromatic amines is 1. The fourth-order valence-electron chi connectivity index (χ4n) is 4.94. The molecule has 0 spiro atoms. The maximum absolute atomic E-state index is 13.7. The van der Waals surface area contributed by atoms with Crippen LogP contribution in [0.4, 0.5) is 10.3 Å². The summed E-state index contributed by atoms with van der Waals surface area (Å²) < 4.78 is 13.7. The summed E-state index contributed by atoms with van der Waals surface area (Å²) in [4.78, 5) is 17.1. The van der Waals surface area contributed by atoms with Gasteiger partial charge < -0.3 is 9.88 Å². The molecule has 0 aliphatic carbocycles. The SMILES string of the molecule is CC1C2CCC(c3c[nH]c4ccc(F)cc34)CN2CCN1c1ncccn1. The first kappa shape index (κ1) is 16.7. The van der Waals surface area contributed by atoms with E-state index in [9.17, 15) is 4.39 Å². The highest BCUT2D eigenvalue weighted by atomic mass is 19.1. The zero-order valence-corrected chi connectivity index (χ0v) is 15.5. The molecule has 1 N–H and O–H groups in total. The van der Waals surface area contributed by atoms with Gasteiger partial charge in [0.25, 0.3) is 0 Å². The minimum atomic E-state index is -0.165. The van der Waals surface area contributed by atoms with Crippen molar-refractivity contribution in [2.45, 2.75) is 37.8 Å². The lowest BCUT2D eigenvalue weighted by molar-refractivity contribution is 0.0927. The number of nitrogens with one attached hydrogen (secondary N) is 1. The number of halogens is 1.